The first-order valence-corrected chi connectivity index (χ1v) is 9.14. The summed E-state index contributed by atoms with van der Waals surface area (Å²) >= 11 is 0. The largest absolute Gasteiger partial charge is 0.484 e. The highest BCUT2D eigenvalue weighted by Crippen LogP contribution is 2.24. The molecule has 1 aromatic carbocycles. The van der Waals surface area contributed by atoms with E-state index in [1.807, 2.05) is 32.2 Å². The lowest BCUT2D eigenvalue weighted by atomic mass is 10.2. The molecule has 0 spiro atoms. The fraction of sp³-hybridized carbons (Fsp3) is 0.300. The second kappa shape index (κ2) is 7.30. The molecule has 2 amide bonds. The maximum atomic E-state index is 12.2. The average Bonchev–Trinajstić information content (AvgIpc) is 3.23. The van der Waals surface area contributed by atoms with Gasteiger partial charge in [-0.25, -0.2) is 4.98 Å². The van der Waals surface area contributed by atoms with Gasteiger partial charge in [-0.2, -0.15) is 5.10 Å². The van der Waals surface area contributed by atoms with Crippen LogP contribution >= 0.6 is 0 Å². The quantitative estimate of drug-likeness (QED) is 0.735. The van der Waals surface area contributed by atoms with Crippen molar-refractivity contribution in [1.82, 2.24) is 14.8 Å². The van der Waals surface area contributed by atoms with E-state index in [0.717, 1.165) is 35.4 Å². The summed E-state index contributed by atoms with van der Waals surface area (Å²) in [6, 6.07) is 9.05. The van der Waals surface area contributed by atoms with Crippen molar-refractivity contribution in [3.8, 4) is 5.75 Å². The number of rotatable bonds is 5. The first-order valence-electron chi connectivity index (χ1n) is 9.14. The first-order chi connectivity index (χ1) is 13.5. The van der Waals surface area contributed by atoms with Crippen molar-refractivity contribution in [3.05, 3.63) is 42.2 Å². The Morgan fingerprint density at radius 1 is 1.29 bits per heavy atom. The minimum Gasteiger partial charge on any atom is -0.484 e. The SMILES string of the molecule is Cc1nn(C)c2ncc(NC(=O)COc3ccc(N4CCCC4=O)cc3)cc12. The van der Waals surface area contributed by atoms with Crippen molar-refractivity contribution >= 4 is 34.2 Å². The number of hydrogen-bond donors (Lipinski definition) is 1. The van der Waals surface area contributed by atoms with Crippen LogP contribution in [0, 0.1) is 6.92 Å². The number of aryl methyl sites for hydroxylation is 2. The number of fused-ring (bicyclic) bond motifs is 1. The van der Waals surface area contributed by atoms with E-state index in [2.05, 4.69) is 15.4 Å². The number of carbonyl (C=O) groups is 2. The molecule has 0 unspecified atom stereocenters. The molecule has 0 saturated carbocycles. The minimum atomic E-state index is -0.276. The van der Waals surface area contributed by atoms with Gasteiger partial charge in [0.1, 0.15) is 5.75 Å². The van der Waals surface area contributed by atoms with Crippen molar-refractivity contribution in [3.63, 3.8) is 0 Å². The molecule has 0 aliphatic carbocycles. The third-order valence-corrected chi connectivity index (χ3v) is 4.74. The predicted molar refractivity (Wildman–Crippen MR) is 105 cm³/mol. The van der Waals surface area contributed by atoms with Crippen LogP contribution in [0.5, 0.6) is 5.75 Å². The zero-order chi connectivity index (χ0) is 19.7. The molecule has 1 aliphatic heterocycles. The summed E-state index contributed by atoms with van der Waals surface area (Å²) in [5, 5.41) is 8.00. The number of aromatic nitrogens is 3. The fourth-order valence-corrected chi connectivity index (χ4v) is 3.37. The average molecular weight is 379 g/mol. The molecule has 1 saturated heterocycles. The molecule has 0 atom stereocenters. The predicted octanol–water partition coefficient (Wildman–Crippen LogP) is 2.42. The van der Waals surface area contributed by atoms with E-state index >= 15 is 0 Å². The van der Waals surface area contributed by atoms with Crippen LogP contribution in [0.3, 0.4) is 0 Å². The van der Waals surface area contributed by atoms with Crippen LogP contribution in [-0.2, 0) is 16.6 Å². The van der Waals surface area contributed by atoms with E-state index in [-0.39, 0.29) is 18.4 Å². The van der Waals surface area contributed by atoms with Gasteiger partial charge in [-0.05, 0) is 43.7 Å². The normalized spacial score (nSPS) is 13.9. The minimum absolute atomic E-state index is 0.119. The van der Waals surface area contributed by atoms with Crippen molar-refractivity contribution in [1.29, 1.82) is 0 Å². The third kappa shape index (κ3) is 3.53. The van der Waals surface area contributed by atoms with Crippen LogP contribution < -0.4 is 15.0 Å². The highest BCUT2D eigenvalue weighted by atomic mass is 16.5. The smallest absolute Gasteiger partial charge is 0.262 e. The van der Waals surface area contributed by atoms with Gasteiger partial charge in [-0.15, -0.1) is 0 Å². The van der Waals surface area contributed by atoms with E-state index in [1.54, 1.807) is 27.9 Å². The number of ether oxygens (including phenoxy) is 1. The maximum Gasteiger partial charge on any atom is 0.262 e. The van der Waals surface area contributed by atoms with E-state index in [9.17, 15) is 9.59 Å². The Kier molecular flexibility index (Phi) is 4.68. The molecular formula is C20H21N5O3. The second-order valence-electron chi connectivity index (χ2n) is 6.78. The number of pyridine rings is 1. The lowest BCUT2D eigenvalue weighted by molar-refractivity contribution is -0.118. The van der Waals surface area contributed by atoms with Crippen molar-refractivity contribution in [2.75, 3.05) is 23.4 Å². The van der Waals surface area contributed by atoms with Crippen LogP contribution in [0.4, 0.5) is 11.4 Å². The molecule has 28 heavy (non-hydrogen) atoms. The molecule has 3 aromatic rings. The summed E-state index contributed by atoms with van der Waals surface area (Å²) in [5.41, 5.74) is 3.07. The zero-order valence-corrected chi connectivity index (χ0v) is 15.8. The molecule has 0 radical (unpaired) electrons. The Morgan fingerprint density at radius 2 is 2.07 bits per heavy atom. The van der Waals surface area contributed by atoms with Gasteiger partial charge in [-0.1, -0.05) is 0 Å². The third-order valence-electron chi connectivity index (χ3n) is 4.74. The van der Waals surface area contributed by atoms with Gasteiger partial charge in [0.2, 0.25) is 5.91 Å². The Bertz CT molecular complexity index is 1040. The van der Waals surface area contributed by atoms with E-state index in [4.69, 9.17) is 4.74 Å². The van der Waals surface area contributed by atoms with E-state index in [1.165, 1.54) is 0 Å². The maximum absolute atomic E-state index is 12.2. The summed E-state index contributed by atoms with van der Waals surface area (Å²) in [6.07, 6.45) is 3.08. The van der Waals surface area contributed by atoms with Gasteiger partial charge in [0.05, 0.1) is 17.6 Å². The second-order valence-corrected chi connectivity index (χ2v) is 6.78. The Morgan fingerprint density at radius 3 is 2.79 bits per heavy atom. The molecule has 3 heterocycles. The Balaban J connectivity index is 1.35. The highest BCUT2D eigenvalue weighted by Gasteiger charge is 2.21. The topological polar surface area (TPSA) is 89.3 Å². The fourth-order valence-electron chi connectivity index (χ4n) is 3.37. The molecule has 1 N–H and O–H groups in total. The zero-order valence-electron chi connectivity index (χ0n) is 15.8. The molecule has 1 aliphatic rings. The summed E-state index contributed by atoms with van der Waals surface area (Å²) in [5.74, 6) is 0.436. The van der Waals surface area contributed by atoms with Gasteiger partial charge in [0.15, 0.2) is 12.3 Å². The Hall–Kier alpha value is -3.42. The Labute approximate surface area is 162 Å². The standard InChI is InChI=1S/C20H21N5O3/c1-13-17-10-14(11-21-20(17)24(2)23-13)22-18(26)12-28-16-7-5-15(6-8-16)25-9-3-4-19(25)27/h5-8,10-11H,3-4,9,12H2,1-2H3,(H,22,26). The van der Waals surface area contributed by atoms with E-state index < -0.39 is 0 Å². The number of nitrogens with one attached hydrogen (secondary N) is 1. The number of anilines is 2. The lowest BCUT2D eigenvalue weighted by Gasteiger charge is -2.16. The van der Waals surface area contributed by atoms with Crippen LogP contribution in [-0.4, -0.2) is 39.7 Å². The summed E-state index contributed by atoms with van der Waals surface area (Å²) < 4.78 is 7.25. The highest BCUT2D eigenvalue weighted by molar-refractivity contribution is 5.95. The molecule has 2 aromatic heterocycles. The monoisotopic (exact) mass is 379 g/mol. The van der Waals surface area contributed by atoms with Crippen LogP contribution in [0.1, 0.15) is 18.5 Å². The van der Waals surface area contributed by atoms with Gasteiger partial charge in [0.25, 0.3) is 5.91 Å². The van der Waals surface area contributed by atoms with Crippen molar-refractivity contribution < 1.29 is 14.3 Å². The molecule has 8 nitrogen and oxygen atoms in total. The van der Waals surface area contributed by atoms with Gasteiger partial charge >= 0.3 is 0 Å². The summed E-state index contributed by atoms with van der Waals surface area (Å²) in [7, 11) is 1.83. The number of nitrogens with zero attached hydrogens (tertiary/aromatic N) is 4. The van der Waals surface area contributed by atoms with Crippen molar-refractivity contribution in [2.45, 2.75) is 19.8 Å². The molecule has 8 heteroatoms. The summed E-state index contributed by atoms with van der Waals surface area (Å²) in [4.78, 5) is 30.1. The van der Waals surface area contributed by atoms with Crippen LogP contribution in [0.2, 0.25) is 0 Å². The van der Waals surface area contributed by atoms with Crippen molar-refractivity contribution in [2.24, 2.45) is 7.05 Å². The van der Waals surface area contributed by atoms with Gasteiger partial charge < -0.3 is 15.0 Å². The van der Waals surface area contributed by atoms with E-state index in [0.29, 0.717) is 17.9 Å². The molecular weight excluding hydrogens is 358 g/mol. The lowest BCUT2D eigenvalue weighted by Crippen LogP contribution is -2.23. The number of amides is 2. The number of benzene rings is 1. The van der Waals surface area contributed by atoms with Crippen LogP contribution in [0.25, 0.3) is 11.0 Å². The molecule has 0 bridgehead atoms. The number of carbonyl (C=O) groups excluding carboxylic acids is 2. The van der Waals surface area contributed by atoms with Gasteiger partial charge in [0, 0.05) is 31.1 Å². The number of hydrogen-bond acceptors (Lipinski definition) is 5. The van der Waals surface area contributed by atoms with Gasteiger partial charge in [-0.3, -0.25) is 14.3 Å². The summed E-state index contributed by atoms with van der Waals surface area (Å²) in [6.45, 7) is 2.53. The molecule has 4 rings (SSSR count). The first kappa shape index (κ1) is 18.0. The molecule has 1 fully saturated rings. The van der Waals surface area contributed by atoms with Crippen LogP contribution in [0.15, 0.2) is 36.5 Å². The molecule has 144 valence electrons.